The van der Waals surface area contributed by atoms with E-state index in [1.165, 1.54) is 11.8 Å². The molecule has 10 aromatic rings. The largest absolute Gasteiger partial charge is 0.531 e. The number of para-hydroxylation sites is 5. The number of carbonyl (C=O) groups excluding carboxylic acids is 2. The SMILES string of the molecule is CCCCn1c(C2=C(O)C(c3cccn3CC)C2=O)cc2ccccc21.N#CC(C#N)=c1c(=O)c(=C2Nc3ccccc3S2)c1=O.[C-]#[N+]/C(C#N)=C1/C(=O)C(O)=C1/C=C1\C=Cc2ccccc2N1CC.[C-]#[N+]/C(C#N)=c1/c(=O)c(=O)c1=C1Nc2ccccc2O1.[C-]#[N+]C([N+]#[C-])=c1c(=O)c(=O)c1=C1NNc2cc(C)ccc21. The minimum absolute atomic E-state index is 0.0106. The van der Waals surface area contributed by atoms with Crippen molar-refractivity contribution in [1.82, 2.24) is 14.6 Å². The van der Waals surface area contributed by atoms with Crippen LogP contribution in [0.2, 0.25) is 0 Å². The number of rotatable bonds is 8. The first-order valence-corrected chi connectivity index (χ1v) is 34.8. The lowest BCUT2D eigenvalue weighted by molar-refractivity contribution is -0.117. The van der Waals surface area contributed by atoms with E-state index in [9.17, 15) is 48.6 Å². The molecule has 1 unspecified atom stereocenters. The number of unbranched alkanes of at least 4 members (excludes halogenated alkanes) is 1. The van der Waals surface area contributed by atoms with Crippen LogP contribution in [-0.4, -0.2) is 37.5 Å². The number of anilines is 4. The van der Waals surface area contributed by atoms with Crippen molar-refractivity contribution in [2.24, 2.45) is 0 Å². The number of hydrogen-bond acceptors (Lipinski definition) is 21. The number of aliphatic hydroxyl groups excluding tert-OH is 2. The van der Waals surface area contributed by atoms with Crippen molar-refractivity contribution in [3.63, 3.8) is 0 Å². The number of nitriles is 4. The third-order valence-corrected chi connectivity index (χ3v) is 19.7. The van der Waals surface area contributed by atoms with Crippen LogP contribution in [0, 0.1) is 78.5 Å². The van der Waals surface area contributed by atoms with Crippen molar-refractivity contribution in [2.75, 3.05) is 27.5 Å². The summed E-state index contributed by atoms with van der Waals surface area (Å²) in [5.41, 5.74) is 11.4. The lowest BCUT2D eigenvalue weighted by Gasteiger charge is -2.30. The van der Waals surface area contributed by atoms with Crippen molar-refractivity contribution in [2.45, 2.75) is 64.4 Å². The fourth-order valence-electron chi connectivity index (χ4n) is 13.1. The second kappa shape index (κ2) is 31.4. The number of hydrogen-bond donors (Lipinski definition) is 6. The number of fused-ring (bicyclic) bond motifs is 5. The molecule has 27 heteroatoms. The maximum absolute atomic E-state index is 13.0. The van der Waals surface area contributed by atoms with Crippen LogP contribution in [0.3, 0.4) is 0 Å². The summed E-state index contributed by atoms with van der Waals surface area (Å²) in [7, 11) is 0. The topological polar surface area (TPSA) is 360 Å². The summed E-state index contributed by atoms with van der Waals surface area (Å²) in [5.74, 6) is -1.15. The second-order valence-corrected chi connectivity index (χ2v) is 25.9. The van der Waals surface area contributed by atoms with Gasteiger partial charge in [0.1, 0.15) is 53.0 Å². The summed E-state index contributed by atoms with van der Waals surface area (Å²) in [4.78, 5) is 111. The molecule has 0 radical (unpaired) electrons. The fourth-order valence-corrected chi connectivity index (χ4v) is 14.2. The first kappa shape index (κ1) is 74.8. The van der Waals surface area contributed by atoms with Gasteiger partial charge in [-0.1, -0.05) is 104 Å². The van der Waals surface area contributed by atoms with E-state index in [0.29, 0.717) is 34.3 Å². The monoisotopic (exact) mass is 1480 g/mol. The van der Waals surface area contributed by atoms with Crippen LogP contribution in [0.25, 0.3) is 75.6 Å². The van der Waals surface area contributed by atoms with Crippen LogP contribution >= 0.6 is 11.8 Å². The number of ketones is 2. The van der Waals surface area contributed by atoms with E-state index in [4.69, 9.17) is 52.1 Å². The molecule has 1 atom stereocenters. The third-order valence-electron chi connectivity index (χ3n) is 18.6. The van der Waals surface area contributed by atoms with Gasteiger partial charge in [0, 0.05) is 69.8 Å². The van der Waals surface area contributed by atoms with Gasteiger partial charge in [0.2, 0.25) is 44.2 Å². The minimum Gasteiger partial charge on any atom is -0.510 e. The standard InChI is InChI=1S/C22H24N2O2.C19H13N3O2.C15H8N4O2.C14H5N3O3.C14H5N3O2S/c1-3-5-13-24-16-10-7-6-9-15(16)14-18(24)20-21(25)19(22(20)26)17-11-8-12-23(17)4-2;1-3-22-13(9-8-12-6-4-5-7-16(12)22)10-14-17(15(11-20)21-2)19(24)18(14)23;1-7-4-5-8-9(6-7)18-19-12(8)10-11(14(21)13(10)20)15(16-2)17-3;1-16-8(6-15)10-11(13(19)12(10)18)14-17-7-4-2-3-5-9(7)20-14;15-5-7(6-16)10-12(18)11(13(10)19)14-17-8-3-1-2-4-9(8)20-14/h6-12,14,19,25H,3-5,13H2,1-2H3;4-10,23H,3H2,1H3;4-6,18-19H,1H3;2-5,17H;1-4,17H/b;13-10+,17-15+;;10-8+,14-11?;. The Kier molecular flexibility index (Phi) is 21.2. The molecule has 16 rings (SSSR count). The number of ether oxygens (including phenoxy) is 1. The van der Waals surface area contributed by atoms with Crippen LogP contribution in [0.15, 0.2) is 220 Å². The third kappa shape index (κ3) is 13.3. The fraction of sp³-hybridized carbons (Fsp3) is 0.119. The van der Waals surface area contributed by atoms with Crippen molar-refractivity contribution in [1.29, 1.82) is 21.0 Å². The van der Waals surface area contributed by atoms with Crippen LogP contribution in [0.5, 0.6) is 5.75 Å². The van der Waals surface area contributed by atoms with Crippen molar-refractivity contribution in [3.05, 3.63) is 352 Å². The molecule has 0 spiro atoms. The average molecular weight is 1480 g/mol. The Balaban J connectivity index is 0.000000129. The summed E-state index contributed by atoms with van der Waals surface area (Å²) in [6, 6.07) is 48.4. The zero-order chi connectivity index (χ0) is 79.2. The first-order chi connectivity index (χ1) is 53.7. The number of nitrogens with zero attached hydrogens (tertiary/aromatic N) is 11. The lowest BCUT2D eigenvalue weighted by Crippen LogP contribution is -2.66. The number of aliphatic hydroxyl groups is 2. The summed E-state index contributed by atoms with van der Waals surface area (Å²) in [5, 5.41) is 62.8. The molecule has 4 aliphatic heterocycles. The van der Waals surface area contributed by atoms with Gasteiger partial charge in [0.25, 0.3) is 11.4 Å². The smallest absolute Gasteiger partial charge is 0.510 e. The van der Waals surface area contributed by atoms with Gasteiger partial charge in [-0.05, 0) is 111 Å². The second-order valence-electron chi connectivity index (χ2n) is 24.8. The highest BCUT2D eigenvalue weighted by Crippen LogP contribution is 2.45. The number of thioether (sulfide) groups is 1. The Morgan fingerprint density at radius 2 is 1.31 bits per heavy atom. The average Bonchev–Trinajstić information content (AvgIpc) is 1.65. The van der Waals surface area contributed by atoms with Crippen LogP contribution < -0.4 is 95.0 Å². The zero-order valence-corrected chi connectivity index (χ0v) is 59.8. The number of nitrogens with one attached hydrogen (secondary N) is 4. The lowest BCUT2D eigenvalue weighted by atomic mass is 9.78. The number of hydrazine groups is 1. The molecule has 538 valence electrons. The molecule has 0 saturated carbocycles. The molecular formula is C84H55N15O11S. The van der Waals surface area contributed by atoms with Gasteiger partial charge < -0.3 is 45.0 Å². The number of aromatic nitrogens is 2. The number of benzene rings is 5. The van der Waals surface area contributed by atoms with E-state index >= 15 is 0 Å². The molecular weight excluding hydrogens is 1430 g/mol. The van der Waals surface area contributed by atoms with Crippen LogP contribution in [-0.2, 0) is 22.7 Å². The van der Waals surface area contributed by atoms with Crippen molar-refractivity contribution >= 4 is 102 Å². The molecule has 6 N–H and O–H groups in total. The quantitative estimate of drug-likeness (QED) is 0.0380. The number of allylic oxidation sites excluding steroid dienone is 7. The van der Waals surface area contributed by atoms with Crippen LogP contribution in [0.4, 0.5) is 22.7 Å². The first-order valence-electron chi connectivity index (χ1n) is 34.0. The van der Waals surface area contributed by atoms with E-state index < -0.39 is 61.3 Å². The summed E-state index contributed by atoms with van der Waals surface area (Å²) >= 11 is 1.29. The summed E-state index contributed by atoms with van der Waals surface area (Å²) in [6.07, 6.45) is 9.55. The Morgan fingerprint density at radius 1 is 0.640 bits per heavy atom. The molecule has 6 aliphatic rings. The van der Waals surface area contributed by atoms with Gasteiger partial charge in [-0.3, -0.25) is 43.8 Å². The molecule has 111 heavy (non-hydrogen) atoms. The Labute approximate surface area is 633 Å². The predicted octanol–water partition coefficient (Wildman–Crippen LogP) is 7.16. The molecule has 0 fully saturated rings. The van der Waals surface area contributed by atoms with Gasteiger partial charge >= 0.3 is 5.82 Å². The highest BCUT2D eigenvalue weighted by atomic mass is 32.2. The van der Waals surface area contributed by atoms with E-state index in [1.54, 1.807) is 54.6 Å². The molecule has 2 aliphatic carbocycles. The zero-order valence-electron chi connectivity index (χ0n) is 59.0. The molecule has 0 amide bonds. The molecule has 8 aromatic carbocycles. The Bertz CT molecular complexity index is 6830. The minimum atomic E-state index is -0.832. The van der Waals surface area contributed by atoms with Gasteiger partial charge in [0.05, 0.1) is 90.8 Å². The molecule has 2 aromatic heterocycles. The normalized spacial score (nSPS) is 16.2. The molecule has 26 nitrogen and oxygen atoms in total. The maximum Gasteiger partial charge on any atom is 0.531 e. The van der Waals surface area contributed by atoms with Gasteiger partial charge in [-0.15, -0.1) is 0 Å². The molecule has 6 heterocycles. The number of Topliss-reactive ketones (excluding diaryl/α,β-unsaturated/α-hetero) is 2. The van der Waals surface area contributed by atoms with E-state index in [1.807, 2.05) is 146 Å². The van der Waals surface area contributed by atoms with Gasteiger partial charge in [0.15, 0.2) is 17.3 Å². The van der Waals surface area contributed by atoms with Crippen molar-refractivity contribution in [3.8, 4) is 30.0 Å². The molecule has 0 saturated heterocycles. The number of likely N-dealkylation sites (N-methyl/N-ethyl adjacent to an activating group) is 1. The highest BCUT2D eigenvalue weighted by molar-refractivity contribution is 8.08. The van der Waals surface area contributed by atoms with E-state index in [-0.39, 0.29) is 71.4 Å². The van der Waals surface area contributed by atoms with Crippen molar-refractivity contribution < 1.29 is 24.5 Å². The number of aryl methyl sites for hydroxylation is 3. The van der Waals surface area contributed by atoms with E-state index in [2.05, 4.69) is 64.5 Å². The van der Waals surface area contributed by atoms with Gasteiger partial charge in [-0.25, -0.2) is 20.2 Å². The Hall–Kier alpha value is -15.9. The number of carbonyl (C=O) groups is 2. The van der Waals surface area contributed by atoms with E-state index in [0.717, 1.165) is 92.6 Å². The molecule has 0 bridgehead atoms. The predicted molar refractivity (Wildman–Crippen MR) is 417 cm³/mol. The summed E-state index contributed by atoms with van der Waals surface area (Å²) in [6.45, 7) is 38.2. The maximum atomic E-state index is 13.0. The Morgan fingerprint density at radius 3 is 1.96 bits per heavy atom. The highest BCUT2D eigenvalue weighted by Gasteiger charge is 2.44. The van der Waals surface area contributed by atoms with Crippen LogP contribution in [0.1, 0.15) is 67.6 Å². The van der Waals surface area contributed by atoms with Gasteiger partial charge in [-0.2, -0.15) is 20.2 Å². The summed E-state index contributed by atoms with van der Waals surface area (Å²) < 4.78 is 9.64.